The number of carbonyl (C=O) groups excluding carboxylic acids is 1. The van der Waals surface area contributed by atoms with E-state index in [1.165, 1.54) is 0 Å². The Labute approximate surface area is 122 Å². The highest BCUT2D eigenvalue weighted by molar-refractivity contribution is 5.81. The molecule has 20 heavy (non-hydrogen) atoms. The first kappa shape index (κ1) is 17.4. The second-order valence-electron chi connectivity index (χ2n) is 6.31. The molecule has 0 saturated carbocycles. The molecule has 1 heterocycles. The minimum atomic E-state index is -0.579. The molecule has 1 fully saturated rings. The molecule has 1 rings (SSSR count). The van der Waals surface area contributed by atoms with Gasteiger partial charge in [-0.3, -0.25) is 9.69 Å². The maximum Gasteiger partial charge on any atom is 0.241 e. The molecular formula is C14H29N3O3. The Balaban J connectivity index is 2.45. The fourth-order valence-electron chi connectivity index (χ4n) is 2.67. The van der Waals surface area contributed by atoms with Gasteiger partial charge in [-0.05, 0) is 5.41 Å². The summed E-state index contributed by atoms with van der Waals surface area (Å²) in [5.41, 5.74) is 5.81. The number of ether oxygens (including phenoxy) is 2. The van der Waals surface area contributed by atoms with Gasteiger partial charge in [0.1, 0.15) is 6.04 Å². The zero-order valence-electron chi connectivity index (χ0n) is 13.2. The van der Waals surface area contributed by atoms with Gasteiger partial charge in [0.15, 0.2) is 0 Å². The SMILES string of the molecule is COCC(N)C(=O)N(C)CC(C)(C)CN1CCOCC1. The van der Waals surface area contributed by atoms with E-state index >= 15 is 0 Å². The highest BCUT2D eigenvalue weighted by atomic mass is 16.5. The molecule has 1 aliphatic heterocycles. The molecule has 0 spiro atoms. The van der Waals surface area contributed by atoms with Crippen LogP contribution >= 0.6 is 0 Å². The summed E-state index contributed by atoms with van der Waals surface area (Å²) < 4.78 is 10.3. The third kappa shape index (κ3) is 5.75. The van der Waals surface area contributed by atoms with Crippen molar-refractivity contribution >= 4 is 5.91 Å². The molecule has 1 unspecified atom stereocenters. The standard InChI is InChI=1S/C14H29N3O3/c1-14(2,11-17-5-7-20-8-6-17)10-16(3)13(18)12(15)9-19-4/h12H,5-11,15H2,1-4H3. The molecule has 118 valence electrons. The number of hydrogen-bond acceptors (Lipinski definition) is 5. The van der Waals surface area contributed by atoms with Crippen molar-refractivity contribution in [2.24, 2.45) is 11.1 Å². The minimum Gasteiger partial charge on any atom is -0.383 e. The van der Waals surface area contributed by atoms with Crippen LogP contribution in [0.4, 0.5) is 0 Å². The molecular weight excluding hydrogens is 258 g/mol. The topological polar surface area (TPSA) is 68.0 Å². The molecule has 0 bridgehead atoms. The van der Waals surface area contributed by atoms with E-state index in [4.69, 9.17) is 15.2 Å². The number of likely N-dealkylation sites (N-methyl/N-ethyl adjacent to an activating group) is 1. The Bertz CT molecular complexity index is 304. The summed E-state index contributed by atoms with van der Waals surface area (Å²) in [6.45, 7) is 9.75. The van der Waals surface area contributed by atoms with E-state index in [-0.39, 0.29) is 17.9 Å². The van der Waals surface area contributed by atoms with E-state index in [9.17, 15) is 4.79 Å². The third-order valence-electron chi connectivity index (χ3n) is 3.46. The van der Waals surface area contributed by atoms with Crippen molar-refractivity contribution in [2.45, 2.75) is 19.9 Å². The maximum absolute atomic E-state index is 12.1. The van der Waals surface area contributed by atoms with Crippen LogP contribution < -0.4 is 5.73 Å². The largest absolute Gasteiger partial charge is 0.383 e. The number of carbonyl (C=O) groups is 1. The molecule has 1 atom stereocenters. The molecule has 0 aromatic heterocycles. The van der Waals surface area contributed by atoms with Crippen LogP contribution in [0.25, 0.3) is 0 Å². The second kappa shape index (κ2) is 7.93. The van der Waals surface area contributed by atoms with Gasteiger partial charge in [0.05, 0.1) is 19.8 Å². The van der Waals surface area contributed by atoms with Crippen molar-refractivity contribution in [3.8, 4) is 0 Å². The molecule has 0 radical (unpaired) electrons. The molecule has 0 aromatic carbocycles. The van der Waals surface area contributed by atoms with Gasteiger partial charge in [-0.2, -0.15) is 0 Å². The first-order valence-electron chi connectivity index (χ1n) is 7.15. The summed E-state index contributed by atoms with van der Waals surface area (Å²) in [6, 6.07) is -0.579. The van der Waals surface area contributed by atoms with E-state index in [2.05, 4.69) is 18.7 Å². The van der Waals surface area contributed by atoms with Crippen LogP contribution in [0.3, 0.4) is 0 Å². The second-order valence-corrected chi connectivity index (χ2v) is 6.31. The lowest BCUT2D eigenvalue weighted by Gasteiger charge is -2.37. The number of hydrogen-bond donors (Lipinski definition) is 1. The Morgan fingerprint density at radius 3 is 2.60 bits per heavy atom. The molecule has 0 aromatic rings. The smallest absolute Gasteiger partial charge is 0.241 e. The lowest BCUT2D eigenvalue weighted by Crippen LogP contribution is -2.50. The molecule has 2 N–H and O–H groups in total. The van der Waals surface area contributed by atoms with Crippen LogP contribution in [0.15, 0.2) is 0 Å². The average Bonchev–Trinajstić information content (AvgIpc) is 2.38. The number of morpholine rings is 1. The third-order valence-corrected chi connectivity index (χ3v) is 3.46. The van der Waals surface area contributed by atoms with Gasteiger partial charge < -0.3 is 20.1 Å². The highest BCUT2D eigenvalue weighted by Crippen LogP contribution is 2.19. The van der Waals surface area contributed by atoms with Crippen LogP contribution in [0.1, 0.15) is 13.8 Å². The highest BCUT2D eigenvalue weighted by Gasteiger charge is 2.28. The van der Waals surface area contributed by atoms with Crippen molar-refractivity contribution in [3.63, 3.8) is 0 Å². The van der Waals surface area contributed by atoms with E-state index in [1.807, 2.05) is 0 Å². The predicted molar refractivity (Wildman–Crippen MR) is 78.5 cm³/mol. The zero-order valence-corrected chi connectivity index (χ0v) is 13.2. The van der Waals surface area contributed by atoms with Crippen LogP contribution in [-0.4, -0.2) is 81.9 Å². The monoisotopic (exact) mass is 287 g/mol. The molecule has 1 aliphatic rings. The first-order chi connectivity index (χ1) is 9.35. The average molecular weight is 287 g/mol. The van der Waals surface area contributed by atoms with Gasteiger partial charge in [-0.15, -0.1) is 0 Å². The predicted octanol–water partition coefficient (Wildman–Crippen LogP) is -0.223. The van der Waals surface area contributed by atoms with Crippen molar-refractivity contribution in [2.75, 3.05) is 60.2 Å². The summed E-state index contributed by atoms with van der Waals surface area (Å²) in [4.78, 5) is 16.2. The zero-order chi connectivity index (χ0) is 15.2. The van der Waals surface area contributed by atoms with Gasteiger partial charge in [-0.25, -0.2) is 0 Å². The number of nitrogens with zero attached hydrogens (tertiary/aromatic N) is 2. The number of amides is 1. The summed E-state index contributed by atoms with van der Waals surface area (Å²) in [6.07, 6.45) is 0. The lowest BCUT2D eigenvalue weighted by molar-refractivity contribution is -0.134. The normalized spacial score (nSPS) is 18.9. The minimum absolute atomic E-state index is 0.0224. The van der Waals surface area contributed by atoms with E-state index in [1.54, 1.807) is 19.1 Å². The lowest BCUT2D eigenvalue weighted by atomic mass is 9.91. The van der Waals surface area contributed by atoms with Crippen molar-refractivity contribution in [3.05, 3.63) is 0 Å². The Morgan fingerprint density at radius 1 is 1.45 bits per heavy atom. The molecule has 1 amide bonds. The van der Waals surface area contributed by atoms with E-state index in [0.29, 0.717) is 6.54 Å². The van der Waals surface area contributed by atoms with Gasteiger partial charge in [0, 0.05) is 40.3 Å². The summed E-state index contributed by atoms with van der Waals surface area (Å²) in [5.74, 6) is -0.0677. The van der Waals surface area contributed by atoms with E-state index in [0.717, 1.165) is 32.8 Å². The van der Waals surface area contributed by atoms with Crippen molar-refractivity contribution in [1.82, 2.24) is 9.80 Å². The van der Waals surface area contributed by atoms with E-state index < -0.39 is 6.04 Å². The molecule has 6 nitrogen and oxygen atoms in total. The fraction of sp³-hybridized carbons (Fsp3) is 0.929. The van der Waals surface area contributed by atoms with Crippen LogP contribution in [0, 0.1) is 5.41 Å². The van der Waals surface area contributed by atoms with Crippen LogP contribution in [0.5, 0.6) is 0 Å². The Hall–Kier alpha value is -0.690. The van der Waals surface area contributed by atoms with Gasteiger partial charge in [-0.1, -0.05) is 13.8 Å². The maximum atomic E-state index is 12.1. The molecule has 6 heteroatoms. The molecule has 0 aliphatic carbocycles. The molecule has 1 saturated heterocycles. The van der Waals surface area contributed by atoms with Gasteiger partial charge >= 0.3 is 0 Å². The quantitative estimate of drug-likeness (QED) is 0.701. The fourth-order valence-corrected chi connectivity index (χ4v) is 2.67. The summed E-state index contributed by atoms with van der Waals surface area (Å²) >= 11 is 0. The summed E-state index contributed by atoms with van der Waals surface area (Å²) in [7, 11) is 3.36. The first-order valence-corrected chi connectivity index (χ1v) is 7.15. The number of rotatable bonds is 7. The van der Waals surface area contributed by atoms with Gasteiger partial charge in [0.25, 0.3) is 0 Å². The Kier molecular flexibility index (Phi) is 6.88. The van der Waals surface area contributed by atoms with Crippen LogP contribution in [0.2, 0.25) is 0 Å². The Morgan fingerprint density at radius 2 is 2.05 bits per heavy atom. The number of nitrogens with two attached hydrogens (primary N) is 1. The number of methoxy groups -OCH3 is 1. The summed E-state index contributed by atoms with van der Waals surface area (Å²) in [5, 5.41) is 0. The van der Waals surface area contributed by atoms with Crippen LogP contribution in [-0.2, 0) is 14.3 Å². The van der Waals surface area contributed by atoms with Gasteiger partial charge in [0.2, 0.25) is 5.91 Å². The van der Waals surface area contributed by atoms with Crippen molar-refractivity contribution < 1.29 is 14.3 Å². The van der Waals surface area contributed by atoms with Crippen molar-refractivity contribution in [1.29, 1.82) is 0 Å².